The summed E-state index contributed by atoms with van der Waals surface area (Å²) >= 11 is 0. The van der Waals surface area contributed by atoms with Crippen LogP contribution in [0.4, 0.5) is 0 Å². The van der Waals surface area contributed by atoms with Gasteiger partial charge < -0.3 is 4.98 Å². The number of benzene rings is 4. The molecule has 0 saturated carbocycles. The van der Waals surface area contributed by atoms with Gasteiger partial charge in [0.25, 0.3) is 5.56 Å². The Balaban J connectivity index is 0.00000181. The van der Waals surface area contributed by atoms with Gasteiger partial charge >= 0.3 is 0 Å². The van der Waals surface area contributed by atoms with Crippen molar-refractivity contribution in [1.29, 1.82) is 0 Å². The Bertz CT molecular complexity index is 1470. The van der Waals surface area contributed by atoms with E-state index in [2.05, 4.69) is 71.7 Å². The second-order valence-electron chi connectivity index (χ2n) is 7.43. The molecule has 1 N–H and O–H groups in total. The molecule has 5 aromatic rings. The van der Waals surface area contributed by atoms with Crippen molar-refractivity contribution >= 4 is 21.7 Å². The molecular weight excluding hydrogens is 535 g/mol. The third-order valence-electron chi connectivity index (χ3n) is 5.89. The molecule has 141 valence electrons. The normalized spacial score (nSPS) is 11.9. The minimum absolute atomic E-state index is 0. The van der Waals surface area contributed by atoms with Crippen LogP contribution in [-0.2, 0) is 26.5 Å². The molecule has 0 saturated heterocycles. The zero-order chi connectivity index (χ0) is 18.7. The largest absolute Gasteiger partial charge is 0.321 e. The van der Waals surface area contributed by atoms with Gasteiger partial charge in [0, 0.05) is 31.1 Å². The molecule has 29 heavy (non-hydrogen) atoms. The third-order valence-corrected chi connectivity index (χ3v) is 5.89. The number of fused-ring (bicyclic) bond motifs is 6. The molecule has 1 aliphatic carbocycles. The summed E-state index contributed by atoms with van der Waals surface area (Å²) in [6, 6.07) is 29.2. The van der Waals surface area contributed by atoms with Crippen LogP contribution < -0.4 is 5.56 Å². The SMILES string of the molecule is O=c1[nH]c2c(ccc3ccccc32)cc1-c1cccc2c1Cc1ccccc1-2.[Ir]. The minimum atomic E-state index is -0.0341. The first-order chi connectivity index (χ1) is 13.8. The molecule has 1 radical (unpaired) electrons. The molecule has 0 spiro atoms. The summed E-state index contributed by atoms with van der Waals surface area (Å²) in [6.45, 7) is 0. The van der Waals surface area contributed by atoms with Crippen molar-refractivity contribution in [1.82, 2.24) is 4.98 Å². The van der Waals surface area contributed by atoms with Gasteiger partial charge in [-0.1, -0.05) is 78.9 Å². The molecule has 0 unspecified atom stereocenters. The van der Waals surface area contributed by atoms with Gasteiger partial charge in [-0.25, -0.2) is 0 Å². The van der Waals surface area contributed by atoms with Crippen LogP contribution in [0, 0.1) is 0 Å². The van der Waals surface area contributed by atoms with E-state index in [4.69, 9.17) is 0 Å². The van der Waals surface area contributed by atoms with Crippen molar-refractivity contribution in [3.63, 3.8) is 0 Å². The average molecular weight is 552 g/mol. The van der Waals surface area contributed by atoms with E-state index in [0.29, 0.717) is 0 Å². The number of aromatic nitrogens is 1. The maximum absolute atomic E-state index is 13.1. The van der Waals surface area contributed by atoms with E-state index >= 15 is 0 Å². The number of rotatable bonds is 1. The molecule has 1 aliphatic rings. The molecule has 0 fully saturated rings. The van der Waals surface area contributed by atoms with Gasteiger partial charge in [0.1, 0.15) is 0 Å². The first kappa shape index (κ1) is 18.1. The number of hydrogen-bond donors (Lipinski definition) is 1. The quantitative estimate of drug-likeness (QED) is 0.253. The van der Waals surface area contributed by atoms with Crippen LogP contribution in [0.2, 0.25) is 0 Å². The number of H-pyrrole nitrogens is 1. The number of aromatic amines is 1. The molecular formula is C26H17IrNO. The summed E-state index contributed by atoms with van der Waals surface area (Å²) in [5, 5.41) is 3.27. The maximum atomic E-state index is 13.1. The zero-order valence-electron chi connectivity index (χ0n) is 15.5. The van der Waals surface area contributed by atoms with Crippen LogP contribution in [0.3, 0.4) is 0 Å². The Morgan fingerprint density at radius 3 is 2.24 bits per heavy atom. The van der Waals surface area contributed by atoms with Crippen molar-refractivity contribution < 1.29 is 20.1 Å². The Hall–Kier alpha value is -3.00. The topological polar surface area (TPSA) is 32.9 Å². The summed E-state index contributed by atoms with van der Waals surface area (Å²) in [4.78, 5) is 16.3. The van der Waals surface area contributed by atoms with Crippen LogP contribution >= 0.6 is 0 Å². The Kier molecular flexibility index (Phi) is 4.24. The Morgan fingerprint density at radius 2 is 1.34 bits per heavy atom. The van der Waals surface area contributed by atoms with Gasteiger partial charge in [-0.2, -0.15) is 0 Å². The molecule has 1 heterocycles. The van der Waals surface area contributed by atoms with E-state index in [-0.39, 0.29) is 25.7 Å². The van der Waals surface area contributed by atoms with Crippen LogP contribution in [0.25, 0.3) is 43.9 Å². The zero-order valence-corrected chi connectivity index (χ0v) is 17.9. The fraction of sp³-hybridized carbons (Fsp3) is 0.0385. The third kappa shape index (κ3) is 2.70. The van der Waals surface area contributed by atoms with Crippen LogP contribution in [0.5, 0.6) is 0 Å². The molecule has 6 rings (SSSR count). The van der Waals surface area contributed by atoms with E-state index in [1.807, 2.05) is 18.2 Å². The number of pyridine rings is 1. The molecule has 0 atom stereocenters. The summed E-state index contributed by atoms with van der Waals surface area (Å²) in [5.41, 5.74) is 7.74. The summed E-state index contributed by atoms with van der Waals surface area (Å²) < 4.78 is 0. The van der Waals surface area contributed by atoms with Gasteiger partial charge in [0.15, 0.2) is 0 Å². The standard InChI is InChI=1S/C26H17NO.Ir/c28-26-24(15-18-13-12-16-6-1-4-9-20(16)25(18)27-26)22-11-5-10-21-19-8-3-2-7-17(19)14-23(21)22;/h1-13,15H,14H2,(H,27,28);. The van der Waals surface area contributed by atoms with Gasteiger partial charge in [-0.05, 0) is 51.1 Å². The van der Waals surface area contributed by atoms with Gasteiger partial charge in [0.2, 0.25) is 0 Å². The van der Waals surface area contributed by atoms with E-state index in [9.17, 15) is 4.79 Å². The second-order valence-corrected chi connectivity index (χ2v) is 7.43. The summed E-state index contributed by atoms with van der Waals surface area (Å²) in [5.74, 6) is 0. The van der Waals surface area contributed by atoms with Crippen LogP contribution in [0.15, 0.2) is 89.7 Å². The van der Waals surface area contributed by atoms with Crippen molar-refractivity contribution in [2.45, 2.75) is 6.42 Å². The van der Waals surface area contributed by atoms with Gasteiger partial charge in [-0.15, -0.1) is 0 Å². The van der Waals surface area contributed by atoms with Gasteiger partial charge in [0.05, 0.1) is 5.52 Å². The second kappa shape index (κ2) is 6.80. The van der Waals surface area contributed by atoms with E-state index in [0.717, 1.165) is 39.2 Å². The van der Waals surface area contributed by atoms with Crippen molar-refractivity contribution in [3.8, 4) is 22.3 Å². The molecule has 3 heteroatoms. The summed E-state index contributed by atoms with van der Waals surface area (Å²) in [7, 11) is 0. The fourth-order valence-electron chi connectivity index (χ4n) is 4.56. The average Bonchev–Trinajstić information content (AvgIpc) is 3.12. The predicted molar refractivity (Wildman–Crippen MR) is 116 cm³/mol. The Morgan fingerprint density at radius 1 is 0.655 bits per heavy atom. The van der Waals surface area contributed by atoms with E-state index in [1.165, 1.54) is 22.3 Å². The molecule has 2 nitrogen and oxygen atoms in total. The number of nitrogens with one attached hydrogen (secondary N) is 1. The molecule has 1 aromatic heterocycles. The smallest absolute Gasteiger partial charge is 0.256 e. The fourth-order valence-corrected chi connectivity index (χ4v) is 4.56. The van der Waals surface area contributed by atoms with E-state index < -0.39 is 0 Å². The predicted octanol–water partition coefficient (Wildman–Crippen LogP) is 5.92. The molecule has 0 bridgehead atoms. The monoisotopic (exact) mass is 552 g/mol. The Labute approximate surface area is 181 Å². The number of hydrogen-bond acceptors (Lipinski definition) is 1. The minimum Gasteiger partial charge on any atom is -0.321 e. The summed E-state index contributed by atoms with van der Waals surface area (Å²) in [6.07, 6.45) is 0.872. The molecule has 4 aromatic carbocycles. The first-order valence-electron chi connectivity index (χ1n) is 9.55. The van der Waals surface area contributed by atoms with Crippen molar-refractivity contribution in [2.75, 3.05) is 0 Å². The van der Waals surface area contributed by atoms with Crippen molar-refractivity contribution in [2.24, 2.45) is 0 Å². The van der Waals surface area contributed by atoms with E-state index in [1.54, 1.807) is 0 Å². The van der Waals surface area contributed by atoms with Gasteiger partial charge in [-0.3, -0.25) is 4.79 Å². The van der Waals surface area contributed by atoms with Crippen LogP contribution in [0.1, 0.15) is 11.1 Å². The molecule has 0 amide bonds. The van der Waals surface area contributed by atoms with Crippen LogP contribution in [-0.4, -0.2) is 4.98 Å². The molecule has 0 aliphatic heterocycles. The first-order valence-corrected chi connectivity index (χ1v) is 9.55. The van der Waals surface area contributed by atoms with Crippen molar-refractivity contribution in [3.05, 3.63) is 106 Å². The maximum Gasteiger partial charge on any atom is 0.256 e.